The molecule has 0 amide bonds. The van der Waals surface area contributed by atoms with Gasteiger partial charge >= 0.3 is 5.97 Å². The Balaban J connectivity index is 1.88. The van der Waals surface area contributed by atoms with Gasteiger partial charge in [-0.15, -0.1) is 0 Å². The monoisotopic (exact) mass is 401 g/mol. The highest BCUT2D eigenvalue weighted by Crippen LogP contribution is 2.31. The fourth-order valence-electron chi connectivity index (χ4n) is 2.77. The number of anilines is 1. The molecule has 9 heteroatoms. The second kappa shape index (κ2) is 8.47. The van der Waals surface area contributed by atoms with E-state index in [2.05, 4.69) is 15.0 Å². The molecule has 1 unspecified atom stereocenters. The maximum atomic E-state index is 11.6. The minimum atomic E-state index is -0.881. The molecule has 148 valence electrons. The highest BCUT2D eigenvalue weighted by molar-refractivity contribution is 8.00. The smallest absolute Gasteiger partial charge is 0.317 e. The summed E-state index contributed by atoms with van der Waals surface area (Å²) in [6.45, 7) is 6.57. The lowest BCUT2D eigenvalue weighted by atomic mass is 10.1. The highest BCUT2D eigenvalue weighted by Gasteiger charge is 2.26. The molecule has 0 bridgehead atoms. The molecule has 3 aromatic rings. The van der Waals surface area contributed by atoms with Crippen molar-refractivity contribution >= 4 is 34.7 Å². The van der Waals surface area contributed by atoms with Gasteiger partial charge in [-0.25, -0.2) is 15.0 Å². The van der Waals surface area contributed by atoms with E-state index in [1.807, 2.05) is 49.6 Å². The first-order valence-electron chi connectivity index (χ1n) is 8.92. The van der Waals surface area contributed by atoms with Crippen molar-refractivity contribution in [1.82, 2.24) is 19.5 Å². The molecule has 0 aliphatic rings. The number of aromatic nitrogens is 4. The molecular weight excluding hydrogens is 378 g/mol. The van der Waals surface area contributed by atoms with E-state index in [0.717, 1.165) is 11.3 Å². The van der Waals surface area contributed by atoms with Crippen LogP contribution < -0.4 is 10.5 Å². The molecule has 2 heterocycles. The average molecular weight is 401 g/mol. The van der Waals surface area contributed by atoms with Crippen LogP contribution in [0.3, 0.4) is 0 Å². The first-order chi connectivity index (χ1) is 13.4. The molecule has 0 fully saturated rings. The van der Waals surface area contributed by atoms with Crippen molar-refractivity contribution in [3.63, 3.8) is 0 Å². The summed E-state index contributed by atoms with van der Waals surface area (Å²) in [5, 5.41) is 9.44. The topological polar surface area (TPSA) is 116 Å². The van der Waals surface area contributed by atoms with Gasteiger partial charge in [0.2, 0.25) is 0 Å². The standard InChI is InChI=1S/C19H23N5O3S/c1-11(2)15(18(25)26)28-19-23-14-16(20)21-10-22-17(14)24(19)7-8-27-13-6-4-5-12(3)9-13/h4-6,9-11,15H,7-8H2,1-3H3,(H,25,26)(H2,20,21,22). The fourth-order valence-corrected chi connectivity index (χ4v) is 3.82. The number of fused-ring (bicyclic) bond motifs is 1. The lowest BCUT2D eigenvalue weighted by molar-refractivity contribution is -0.137. The maximum Gasteiger partial charge on any atom is 0.317 e. The molecule has 28 heavy (non-hydrogen) atoms. The number of benzene rings is 1. The van der Waals surface area contributed by atoms with Crippen LogP contribution in [0.15, 0.2) is 35.7 Å². The van der Waals surface area contributed by atoms with Crippen molar-refractivity contribution in [1.29, 1.82) is 0 Å². The second-order valence-electron chi connectivity index (χ2n) is 6.76. The van der Waals surface area contributed by atoms with Crippen molar-refractivity contribution in [2.24, 2.45) is 5.92 Å². The zero-order valence-corrected chi connectivity index (χ0v) is 16.8. The van der Waals surface area contributed by atoms with Gasteiger partial charge < -0.3 is 20.1 Å². The number of hydrogen-bond donors (Lipinski definition) is 2. The number of rotatable bonds is 8. The van der Waals surface area contributed by atoms with E-state index < -0.39 is 11.2 Å². The van der Waals surface area contributed by atoms with E-state index in [0.29, 0.717) is 29.5 Å². The van der Waals surface area contributed by atoms with Crippen LogP contribution in [-0.4, -0.2) is 42.5 Å². The van der Waals surface area contributed by atoms with Crippen LogP contribution in [0.5, 0.6) is 5.75 Å². The van der Waals surface area contributed by atoms with Gasteiger partial charge in [-0.2, -0.15) is 0 Å². The van der Waals surface area contributed by atoms with E-state index in [1.54, 1.807) is 0 Å². The molecular formula is C19H23N5O3S. The summed E-state index contributed by atoms with van der Waals surface area (Å²) in [4.78, 5) is 24.4. The third-order valence-electron chi connectivity index (χ3n) is 4.18. The number of nitrogens with two attached hydrogens (primary N) is 1. The van der Waals surface area contributed by atoms with Gasteiger partial charge in [-0.1, -0.05) is 37.7 Å². The summed E-state index contributed by atoms with van der Waals surface area (Å²) in [7, 11) is 0. The maximum absolute atomic E-state index is 11.6. The number of aryl methyl sites for hydroxylation is 1. The molecule has 0 radical (unpaired) electrons. The van der Waals surface area contributed by atoms with Crippen molar-refractivity contribution in [3.8, 4) is 5.75 Å². The molecule has 2 aromatic heterocycles. The number of thioether (sulfide) groups is 1. The van der Waals surface area contributed by atoms with Gasteiger partial charge in [0.05, 0.1) is 6.54 Å². The van der Waals surface area contributed by atoms with Crippen molar-refractivity contribution < 1.29 is 14.6 Å². The van der Waals surface area contributed by atoms with Crippen LogP contribution in [0.2, 0.25) is 0 Å². The number of hydrogen-bond acceptors (Lipinski definition) is 7. The Hall–Kier alpha value is -2.81. The van der Waals surface area contributed by atoms with Crippen LogP contribution in [0, 0.1) is 12.8 Å². The molecule has 0 saturated heterocycles. The largest absolute Gasteiger partial charge is 0.492 e. The lowest BCUT2D eigenvalue weighted by Crippen LogP contribution is -2.23. The van der Waals surface area contributed by atoms with Crippen LogP contribution in [-0.2, 0) is 11.3 Å². The Morgan fingerprint density at radius 1 is 1.36 bits per heavy atom. The number of ether oxygens (including phenoxy) is 1. The number of carboxylic acid groups (broad SMARTS) is 1. The summed E-state index contributed by atoms with van der Waals surface area (Å²) in [5.74, 6) is 0.0939. The van der Waals surface area contributed by atoms with Crippen LogP contribution >= 0.6 is 11.8 Å². The first-order valence-corrected chi connectivity index (χ1v) is 9.80. The molecule has 1 atom stereocenters. The predicted molar refractivity (Wildman–Crippen MR) is 109 cm³/mol. The Kier molecular flexibility index (Phi) is 6.03. The molecule has 0 spiro atoms. The van der Waals surface area contributed by atoms with E-state index >= 15 is 0 Å². The van der Waals surface area contributed by atoms with Gasteiger partial charge in [-0.05, 0) is 30.5 Å². The molecule has 8 nitrogen and oxygen atoms in total. The highest BCUT2D eigenvalue weighted by atomic mass is 32.2. The van der Waals surface area contributed by atoms with Gasteiger partial charge in [0, 0.05) is 0 Å². The van der Waals surface area contributed by atoms with Gasteiger partial charge in [0.1, 0.15) is 23.9 Å². The van der Waals surface area contributed by atoms with Crippen LogP contribution in [0.1, 0.15) is 19.4 Å². The number of carboxylic acids is 1. The van der Waals surface area contributed by atoms with Crippen LogP contribution in [0.4, 0.5) is 5.82 Å². The molecule has 1 aromatic carbocycles. The fraction of sp³-hybridized carbons (Fsp3) is 0.368. The Bertz CT molecular complexity index is 989. The Labute approximate surface area is 167 Å². The van der Waals surface area contributed by atoms with E-state index in [4.69, 9.17) is 10.5 Å². The Morgan fingerprint density at radius 2 is 2.14 bits per heavy atom. The zero-order chi connectivity index (χ0) is 20.3. The molecule has 0 saturated carbocycles. The van der Waals surface area contributed by atoms with Crippen molar-refractivity contribution in [2.45, 2.75) is 37.7 Å². The summed E-state index contributed by atoms with van der Waals surface area (Å²) >= 11 is 1.19. The first kappa shape index (κ1) is 19.9. The van der Waals surface area contributed by atoms with Gasteiger partial charge in [-0.3, -0.25) is 4.79 Å². The summed E-state index contributed by atoms with van der Waals surface area (Å²) in [6, 6.07) is 7.80. The van der Waals surface area contributed by atoms with E-state index in [-0.39, 0.29) is 11.7 Å². The SMILES string of the molecule is Cc1cccc(OCCn2c(SC(C(=O)O)C(C)C)nc3c(N)ncnc32)c1. The van der Waals surface area contributed by atoms with Crippen molar-refractivity contribution in [2.75, 3.05) is 12.3 Å². The second-order valence-corrected chi connectivity index (χ2v) is 7.87. The van der Waals surface area contributed by atoms with E-state index in [9.17, 15) is 9.90 Å². The number of carbonyl (C=O) groups is 1. The zero-order valence-electron chi connectivity index (χ0n) is 16.0. The number of nitrogens with zero attached hydrogens (tertiary/aromatic N) is 4. The average Bonchev–Trinajstić information content (AvgIpc) is 2.98. The summed E-state index contributed by atoms with van der Waals surface area (Å²) in [6.07, 6.45) is 1.38. The van der Waals surface area contributed by atoms with Crippen LogP contribution in [0.25, 0.3) is 11.2 Å². The third kappa shape index (κ3) is 4.36. The minimum Gasteiger partial charge on any atom is -0.492 e. The summed E-state index contributed by atoms with van der Waals surface area (Å²) < 4.78 is 7.68. The predicted octanol–water partition coefficient (Wildman–Crippen LogP) is 3.00. The quantitative estimate of drug-likeness (QED) is 0.553. The van der Waals surface area contributed by atoms with E-state index in [1.165, 1.54) is 18.1 Å². The van der Waals surface area contributed by atoms with Gasteiger partial charge in [0.15, 0.2) is 22.1 Å². The molecule has 0 aliphatic heterocycles. The number of imidazole rings is 1. The summed E-state index contributed by atoms with van der Waals surface area (Å²) in [5.41, 5.74) is 8.09. The molecule has 0 aliphatic carbocycles. The minimum absolute atomic E-state index is 0.0669. The third-order valence-corrected chi connectivity index (χ3v) is 5.70. The Morgan fingerprint density at radius 3 is 2.82 bits per heavy atom. The van der Waals surface area contributed by atoms with Crippen molar-refractivity contribution in [3.05, 3.63) is 36.2 Å². The van der Waals surface area contributed by atoms with Gasteiger partial charge in [0.25, 0.3) is 0 Å². The normalized spacial score (nSPS) is 12.4. The number of nitrogen functional groups attached to an aromatic ring is 1. The molecule has 3 rings (SSSR count). The number of aliphatic carboxylic acids is 1. The lowest BCUT2D eigenvalue weighted by Gasteiger charge is -2.16. The molecule has 3 N–H and O–H groups in total.